The first kappa shape index (κ1) is 16.9. The summed E-state index contributed by atoms with van der Waals surface area (Å²) < 4.78 is 25.7. The molecule has 0 spiro atoms. The summed E-state index contributed by atoms with van der Waals surface area (Å²) >= 11 is 0. The standard InChI is InChI=1S/C11H22N2O2S.ClH/c1-2-3-9-16(14,15)13-10-11(12)7-5-4-6-8-11;/h2,13H,1,3-10,12H2;1H. The highest BCUT2D eigenvalue weighted by molar-refractivity contribution is 7.89. The van der Waals surface area contributed by atoms with Gasteiger partial charge < -0.3 is 5.73 Å². The van der Waals surface area contributed by atoms with Gasteiger partial charge in [0.1, 0.15) is 0 Å². The first-order valence-electron chi connectivity index (χ1n) is 5.85. The van der Waals surface area contributed by atoms with Gasteiger partial charge in [-0.3, -0.25) is 0 Å². The zero-order valence-corrected chi connectivity index (χ0v) is 11.8. The molecule has 0 aromatic heterocycles. The molecule has 0 aromatic rings. The molecule has 102 valence electrons. The normalized spacial score (nSPS) is 19.4. The van der Waals surface area contributed by atoms with Gasteiger partial charge in [0.15, 0.2) is 0 Å². The van der Waals surface area contributed by atoms with Crippen molar-refractivity contribution >= 4 is 22.4 Å². The van der Waals surface area contributed by atoms with E-state index in [1.165, 1.54) is 6.42 Å². The molecule has 0 radical (unpaired) electrons. The van der Waals surface area contributed by atoms with Gasteiger partial charge in [-0.2, -0.15) is 0 Å². The van der Waals surface area contributed by atoms with Crippen LogP contribution in [0, 0.1) is 0 Å². The Morgan fingerprint density at radius 2 is 1.88 bits per heavy atom. The SMILES string of the molecule is C=CCCS(=O)(=O)NCC1(N)CCCCC1.Cl. The van der Waals surface area contributed by atoms with Crippen molar-refractivity contribution in [3.63, 3.8) is 0 Å². The highest BCUT2D eigenvalue weighted by atomic mass is 35.5. The van der Waals surface area contributed by atoms with Crippen LogP contribution in [0.15, 0.2) is 12.7 Å². The minimum atomic E-state index is -3.18. The molecule has 0 unspecified atom stereocenters. The molecule has 1 saturated carbocycles. The van der Waals surface area contributed by atoms with Gasteiger partial charge in [-0.15, -0.1) is 19.0 Å². The van der Waals surface area contributed by atoms with Crippen LogP contribution >= 0.6 is 12.4 Å². The smallest absolute Gasteiger partial charge is 0.211 e. The molecule has 3 N–H and O–H groups in total. The quantitative estimate of drug-likeness (QED) is 0.726. The van der Waals surface area contributed by atoms with E-state index in [4.69, 9.17) is 5.73 Å². The van der Waals surface area contributed by atoms with Crippen molar-refractivity contribution in [3.8, 4) is 0 Å². The number of halogens is 1. The van der Waals surface area contributed by atoms with E-state index in [2.05, 4.69) is 11.3 Å². The summed E-state index contributed by atoms with van der Waals surface area (Å²) in [6.07, 6.45) is 7.33. The van der Waals surface area contributed by atoms with Gasteiger partial charge in [0, 0.05) is 12.1 Å². The number of hydrogen-bond donors (Lipinski definition) is 2. The number of hydrogen-bond acceptors (Lipinski definition) is 3. The van der Waals surface area contributed by atoms with Crippen molar-refractivity contribution in [2.45, 2.75) is 44.1 Å². The Balaban J connectivity index is 0.00000256. The lowest BCUT2D eigenvalue weighted by Gasteiger charge is -2.33. The van der Waals surface area contributed by atoms with Crippen molar-refractivity contribution < 1.29 is 8.42 Å². The average Bonchev–Trinajstić information content (AvgIpc) is 2.25. The van der Waals surface area contributed by atoms with Crippen LogP contribution in [-0.4, -0.2) is 26.3 Å². The molecule has 4 nitrogen and oxygen atoms in total. The molecule has 1 fully saturated rings. The highest BCUT2D eigenvalue weighted by Crippen LogP contribution is 2.25. The summed E-state index contributed by atoms with van der Waals surface area (Å²) in [5, 5.41) is 0. The van der Waals surface area contributed by atoms with Gasteiger partial charge in [0.25, 0.3) is 0 Å². The summed E-state index contributed by atoms with van der Waals surface area (Å²) in [7, 11) is -3.18. The Morgan fingerprint density at radius 1 is 1.29 bits per heavy atom. The van der Waals surface area contributed by atoms with Crippen molar-refractivity contribution in [2.75, 3.05) is 12.3 Å². The fourth-order valence-electron chi connectivity index (χ4n) is 2.00. The second-order valence-electron chi connectivity index (χ2n) is 4.64. The van der Waals surface area contributed by atoms with E-state index in [0.29, 0.717) is 13.0 Å². The number of allylic oxidation sites excluding steroid dienone is 1. The lowest BCUT2D eigenvalue weighted by Crippen LogP contribution is -2.51. The molecular formula is C11H23ClN2O2S. The lowest BCUT2D eigenvalue weighted by molar-refractivity contribution is 0.296. The van der Waals surface area contributed by atoms with E-state index in [1.807, 2.05) is 0 Å². The van der Waals surface area contributed by atoms with Crippen molar-refractivity contribution in [1.82, 2.24) is 4.72 Å². The molecule has 6 heteroatoms. The molecule has 0 amide bonds. The molecule has 0 heterocycles. The van der Waals surface area contributed by atoms with Crippen LogP contribution in [0.1, 0.15) is 38.5 Å². The van der Waals surface area contributed by atoms with E-state index < -0.39 is 10.0 Å². The van der Waals surface area contributed by atoms with Gasteiger partial charge in [-0.1, -0.05) is 25.3 Å². The zero-order chi connectivity index (χ0) is 12.1. The second-order valence-corrected chi connectivity index (χ2v) is 6.57. The Morgan fingerprint density at radius 3 is 2.41 bits per heavy atom. The Hall–Kier alpha value is -0.100. The minimum absolute atomic E-state index is 0. The van der Waals surface area contributed by atoms with E-state index in [0.717, 1.165) is 25.7 Å². The van der Waals surface area contributed by atoms with Gasteiger partial charge in [0.2, 0.25) is 10.0 Å². The zero-order valence-electron chi connectivity index (χ0n) is 10.2. The minimum Gasteiger partial charge on any atom is -0.324 e. The molecule has 0 bridgehead atoms. The van der Waals surface area contributed by atoms with E-state index in [-0.39, 0.29) is 23.7 Å². The second kappa shape index (κ2) is 7.36. The summed E-state index contributed by atoms with van der Waals surface area (Å²) in [4.78, 5) is 0. The average molecular weight is 283 g/mol. The fraction of sp³-hybridized carbons (Fsp3) is 0.818. The topological polar surface area (TPSA) is 72.2 Å². The van der Waals surface area contributed by atoms with Crippen LogP contribution < -0.4 is 10.5 Å². The lowest BCUT2D eigenvalue weighted by atomic mass is 9.83. The first-order chi connectivity index (χ1) is 7.47. The third-order valence-corrected chi connectivity index (χ3v) is 4.44. The predicted octanol–water partition coefficient (Wildman–Crippen LogP) is 1.57. The van der Waals surface area contributed by atoms with E-state index >= 15 is 0 Å². The number of nitrogens with two attached hydrogens (primary N) is 1. The summed E-state index contributed by atoms with van der Waals surface area (Å²) in [5.74, 6) is 0.104. The molecule has 0 aromatic carbocycles. The largest absolute Gasteiger partial charge is 0.324 e. The van der Waals surface area contributed by atoms with Crippen molar-refractivity contribution in [3.05, 3.63) is 12.7 Å². The number of sulfonamides is 1. The third kappa shape index (κ3) is 6.41. The molecule has 0 saturated heterocycles. The van der Waals surface area contributed by atoms with Crippen molar-refractivity contribution in [1.29, 1.82) is 0 Å². The summed E-state index contributed by atoms with van der Waals surface area (Å²) in [5.41, 5.74) is 5.81. The fourth-order valence-corrected chi connectivity index (χ4v) is 3.13. The number of rotatable bonds is 6. The number of nitrogens with one attached hydrogen (secondary N) is 1. The predicted molar refractivity (Wildman–Crippen MR) is 73.9 cm³/mol. The highest BCUT2D eigenvalue weighted by Gasteiger charge is 2.28. The van der Waals surface area contributed by atoms with Gasteiger partial charge in [-0.05, 0) is 19.3 Å². The van der Waals surface area contributed by atoms with Crippen LogP contribution in [0.5, 0.6) is 0 Å². The molecular weight excluding hydrogens is 260 g/mol. The van der Waals surface area contributed by atoms with Gasteiger partial charge >= 0.3 is 0 Å². The maximum Gasteiger partial charge on any atom is 0.211 e. The Labute approximate surface area is 110 Å². The van der Waals surface area contributed by atoms with Crippen LogP contribution in [0.4, 0.5) is 0 Å². The Bertz CT molecular complexity index is 324. The van der Waals surface area contributed by atoms with E-state index in [1.54, 1.807) is 6.08 Å². The maximum atomic E-state index is 11.6. The van der Waals surface area contributed by atoms with E-state index in [9.17, 15) is 8.42 Å². The molecule has 1 aliphatic carbocycles. The van der Waals surface area contributed by atoms with Gasteiger partial charge in [-0.25, -0.2) is 13.1 Å². The molecule has 0 atom stereocenters. The maximum absolute atomic E-state index is 11.6. The molecule has 17 heavy (non-hydrogen) atoms. The van der Waals surface area contributed by atoms with Crippen molar-refractivity contribution in [2.24, 2.45) is 5.73 Å². The monoisotopic (exact) mass is 282 g/mol. The molecule has 0 aliphatic heterocycles. The van der Waals surface area contributed by atoms with Crippen LogP contribution in [0.2, 0.25) is 0 Å². The van der Waals surface area contributed by atoms with Crippen LogP contribution in [0.3, 0.4) is 0 Å². The Kier molecular flexibility index (Phi) is 7.32. The van der Waals surface area contributed by atoms with Crippen LogP contribution in [0.25, 0.3) is 0 Å². The third-order valence-electron chi connectivity index (χ3n) is 3.08. The van der Waals surface area contributed by atoms with Gasteiger partial charge in [0.05, 0.1) is 5.75 Å². The van der Waals surface area contributed by atoms with Crippen LogP contribution in [-0.2, 0) is 10.0 Å². The summed E-state index contributed by atoms with van der Waals surface area (Å²) in [6.45, 7) is 3.88. The first-order valence-corrected chi connectivity index (χ1v) is 7.50. The molecule has 1 aliphatic rings. The molecule has 1 rings (SSSR count). The summed E-state index contributed by atoms with van der Waals surface area (Å²) in [6, 6.07) is 0.